The first-order valence-corrected chi connectivity index (χ1v) is 10.8. The molecule has 0 bridgehead atoms. The molecule has 3 aromatic heterocycles. The average molecular weight is 449 g/mol. The summed E-state index contributed by atoms with van der Waals surface area (Å²) in [7, 11) is -3.80. The molecule has 0 amide bonds. The van der Waals surface area contributed by atoms with Crippen LogP contribution in [0, 0.1) is 13.8 Å². The fourth-order valence-corrected chi connectivity index (χ4v) is 5.17. The number of hydrogen-bond donors (Lipinski definition) is 0. The molecule has 0 atom stereocenters. The van der Waals surface area contributed by atoms with Crippen molar-refractivity contribution < 1.29 is 8.42 Å². The molecule has 0 radical (unpaired) electrons. The van der Waals surface area contributed by atoms with E-state index in [0.717, 1.165) is 5.56 Å². The normalized spacial score (nSPS) is 12.0. The minimum absolute atomic E-state index is 0.203. The molecule has 6 nitrogen and oxygen atoms in total. The first-order chi connectivity index (χ1) is 12.4. The van der Waals surface area contributed by atoms with Crippen molar-refractivity contribution in [1.29, 1.82) is 0 Å². The van der Waals surface area contributed by atoms with Crippen molar-refractivity contribution in [1.82, 2.24) is 18.9 Å². The van der Waals surface area contributed by atoms with E-state index in [2.05, 4.69) is 30.9 Å². The maximum atomic E-state index is 13.2. The third-order valence-corrected chi connectivity index (χ3v) is 7.12. The van der Waals surface area contributed by atoms with Crippen LogP contribution in [-0.4, -0.2) is 27.3 Å². The van der Waals surface area contributed by atoms with Crippen molar-refractivity contribution >= 4 is 48.5 Å². The van der Waals surface area contributed by atoms with Gasteiger partial charge in [-0.2, -0.15) is 0 Å². The van der Waals surface area contributed by atoms with Crippen LogP contribution < -0.4 is 0 Å². The Morgan fingerprint density at radius 1 is 1.12 bits per heavy atom. The summed E-state index contributed by atoms with van der Waals surface area (Å²) in [5.41, 5.74) is 3.15. The highest BCUT2D eigenvalue weighted by molar-refractivity contribution is 9.10. The van der Waals surface area contributed by atoms with Gasteiger partial charge >= 0.3 is 0 Å². The molecule has 0 aliphatic heterocycles. The Morgan fingerprint density at radius 2 is 1.85 bits per heavy atom. The predicted molar refractivity (Wildman–Crippen MR) is 105 cm³/mol. The minimum Gasteiger partial charge on any atom is -0.247 e. The quantitative estimate of drug-likeness (QED) is 0.469. The van der Waals surface area contributed by atoms with Crippen molar-refractivity contribution in [3.8, 4) is 10.6 Å². The van der Waals surface area contributed by atoms with Gasteiger partial charge in [0.2, 0.25) is 0 Å². The van der Waals surface area contributed by atoms with Gasteiger partial charge in [-0.25, -0.2) is 27.3 Å². The molecule has 0 spiro atoms. The molecule has 0 aliphatic carbocycles. The maximum absolute atomic E-state index is 13.2. The Morgan fingerprint density at radius 3 is 2.50 bits per heavy atom. The summed E-state index contributed by atoms with van der Waals surface area (Å²) in [6.45, 7) is 3.73. The Hall–Kier alpha value is -2.10. The minimum atomic E-state index is -3.80. The topological polar surface area (TPSA) is 77.7 Å². The van der Waals surface area contributed by atoms with Gasteiger partial charge in [-0.1, -0.05) is 17.7 Å². The van der Waals surface area contributed by atoms with Crippen LogP contribution in [0.25, 0.3) is 21.7 Å². The van der Waals surface area contributed by atoms with Crippen LogP contribution in [0.2, 0.25) is 0 Å². The van der Waals surface area contributed by atoms with Gasteiger partial charge in [0.1, 0.15) is 15.1 Å². The fraction of sp³-hybridized carbons (Fsp3) is 0.118. The number of fused-ring (bicyclic) bond motifs is 1. The van der Waals surface area contributed by atoms with Gasteiger partial charge in [0.25, 0.3) is 10.0 Å². The second-order valence-corrected chi connectivity index (χ2v) is 9.30. The maximum Gasteiger partial charge on any atom is 0.269 e. The lowest BCUT2D eigenvalue weighted by atomic mass is 10.2. The zero-order valence-electron chi connectivity index (χ0n) is 13.8. The molecule has 0 aliphatic rings. The Balaban J connectivity index is 2.00. The van der Waals surface area contributed by atoms with E-state index in [4.69, 9.17) is 0 Å². The number of halogens is 1. The van der Waals surface area contributed by atoms with Crippen LogP contribution in [-0.2, 0) is 10.0 Å². The summed E-state index contributed by atoms with van der Waals surface area (Å²) in [6.07, 6.45) is 3.11. The zero-order chi connectivity index (χ0) is 18.5. The van der Waals surface area contributed by atoms with E-state index in [1.54, 1.807) is 36.7 Å². The van der Waals surface area contributed by atoms with Crippen molar-refractivity contribution in [2.75, 3.05) is 0 Å². The van der Waals surface area contributed by atoms with Crippen LogP contribution in [0.5, 0.6) is 0 Å². The second kappa shape index (κ2) is 6.26. The van der Waals surface area contributed by atoms with Gasteiger partial charge in [0.15, 0.2) is 5.65 Å². The van der Waals surface area contributed by atoms with Crippen molar-refractivity contribution in [3.63, 3.8) is 0 Å². The molecular weight excluding hydrogens is 436 g/mol. The van der Waals surface area contributed by atoms with Crippen molar-refractivity contribution in [2.45, 2.75) is 18.7 Å². The Kier molecular flexibility index (Phi) is 4.17. The van der Waals surface area contributed by atoms with Crippen LogP contribution in [0.4, 0.5) is 0 Å². The van der Waals surface area contributed by atoms with Gasteiger partial charge in [-0.05, 0) is 41.9 Å². The van der Waals surface area contributed by atoms with E-state index < -0.39 is 10.0 Å². The highest BCUT2D eigenvalue weighted by atomic mass is 79.9. The number of aromatic nitrogens is 4. The van der Waals surface area contributed by atoms with Crippen LogP contribution in [0.3, 0.4) is 0 Å². The third-order valence-electron chi connectivity index (χ3n) is 3.87. The molecule has 4 aromatic rings. The van der Waals surface area contributed by atoms with Gasteiger partial charge in [0, 0.05) is 11.6 Å². The lowest BCUT2D eigenvalue weighted by molar-refractivity contribution is 0.588. The lowest BCUT2D eigenvalue weighted by Gasteiger charge is -2.07. The zero-order valence-corrected chi connectivity index (χ0v) is 17.1. The standard InChI is InChI=1S/C17H13BrN4O2S2/c1-10-3-5-12(6-4-10)26(23,24)22-8-13(17-21-14(18)9-25-17)15-16(22)19-7-11(2)20-15/h3-9H,1-2H3. The molecule has 132 valence electrons. The van der Waals surface area contributed by atoms with Crippen molar-refractivity contribution in [2.24, 2.45) is 0 Å². The van der Waals surface area contributed by atoms with Crippen molar-refractivity contribution in [3.05, 3.63) is 57.9 Å². The van der Waals surface area contributed by atoms with Gasteiger partial charge in [-0.3, -0.25) is 0 Å². The van der Waals surface area contributed by atoms with E-state index >= 15 is 0 Å². The largest absolute Gasteiger partial charge is 0.269 e. The molecule has 4 rings (SSSR count). The summed E-state index contributed by atoms with van der Waals surface area (Å²) in [6, 6.07) is 6.73. The molecule has 0 unspecified atom stereocenters. The molecule has 0 saturated heterocycles. The monoisotopic (exact) mass is 448 g/mol. The summed E-state index contributed by atoms with van der Waals surface area (Å²) >= 11 is 4.75. The van der Waals surface area contributed by atoms with E-state index in [9.17, 15) is 8.42 Å². The fourth-order valence-electron chi connectivity index (χ4n) is 2.59. The van der Waals surface area contributed by atoms with E-state index in [1.165, 1.54) is 15.3 Å². The third kappa shape index (κ3) is 2.85. The second-order valence-electron chi connectivity index (χ2n) is 5.82. The van der Waals surface area contributed by atoms with Crippen LogP contribution in [0.15, 0.2) is 51.5 Å². The van der Waals surface area contributed by atoms with E-state index in [0.29, 0.717) is 26.4 Å². The number of hydrogen-bond acceptors (Lipinski definition) is 6. The number of benzene rings is 1. The number of aryl methyl sites for hydroxylation is 2. The summed E-state index contributed by atoms with van der Waals surface area (Å²) in [5.74, 6) is 0. The molecule has 26 heavy (non-hydrogen) atoms. The highest BCUT2D eigenvalue weighted by Gasteiger charge is 2.24. The smallest absolute Gasteiger partial charge is 0.247 e. The van der Waals surface area contributed by atoms with Crippen LogP contribution in [0.1, 0.15) is 11.3 Å². The SMILES string of the molecule is Cc1ccc(S(=O)(=O)n2cc(-c3nc(Br)cs3)c3nc(C)cnc32)cc1. The summed E-state index contributed by atoms with van der Waals surface area (Å²) in [5, 5.41) is 2.52. The summed E-state index contributed by atoms with van der Waals surface area (Å²) in [4.78, 5) is 13.4. The Bertz CT molecular complexity index is 1230. The van der Waals surface area contributed by atoms with Gasteiger partial charge in [-0.15, -0.1) is 11.3 Å². The Labute approximate surface area is 162 Å². The van der Waals surface area contributed by atoms with E-state index in [-0.39, 0.29) is 10.5 Å². The molecule has 9 heteroatoms. The van der Waals surface area contributed by atoms with E-state index in [1.807, 2.05) is 19.2 Å². The predicted octanol–water partition coefficient (Wildman–Crippen LogP) is 4.17. The molecule has 0 fully saturated rings. The van der Waals surface area contributed by atoms with Gasteiger partial charge in [0.05, 0.1) is 22.3 Å². The average Bonchev–Trinajstić information content (AvgIpc) is 3.18. The van der Waals surface area contributed by atoms with Crippen LogP contribution >= 0.6 is 27.3 Å². The lowest BCUT2D eigenvalue weighted by Crippen LogP contribution is -2.12. The number of nitrogens with zero attached hydrogens (tertiary/aromatic N) is 4. The molecule has 0 N–H and O–H groups in total. The molecular formula is C17H13BrN4O2S2. The first-order valence-electron chi connectivity index (χ1n) is 7.64. The highest BCUT2D eigenvalue weighted by Crippen LogP contribution is 2.33. The molecule has 3 heterocycles. The number of thiazole rings is 1. The summed E-state index contributed by atoms with van der Waals surface area (Å²) < 4.78 is 28.2. The molecule has 1 aromatic carbocycles. The number of rotatable bonds is 3. The van der Waals surface area contributed by atoms with Gasteiger partial charge < -0.3 is 0 Å². The molecule has 0 saturated carbocycles. The first kappa shape index (κ1) is 17.3.